The monoisotopic (exact) mass is 205 g/mol. The van der Waals surface area contributed by atoms with Gasteiger partial charge in [0.2, 0.25) is 0 Å². The predicted molar refractivity (Wildman–Crippen MR) is 61.9 cm³/mol. The molecule has 0 bridgehead atoms. The van der Waals surface area contributed by atoms with E-state index >= 15 is 0 Å². The van der Waals surface area contributed by atoms with Crippen molar-refractivity contribution < 1.29 is 5.11 Å². The number of hydrogen-bond donors (Lipinski definition) is 2. The summed E-state index contributed by atoms with van der Waals surface area (Å²) in [5, 5.41) is 13.0. The van der Waals surface area contributed by atoms with E-state index in [4.69, 9.17) is 0 Å². The van der Waals surface area contributed by atoms with Gasteiger partial charge in [0.15, 0.2) is 0 Å². The largest absolute Gasteiger partial charge is 0.394 e. The van der Waals surface area contributed by atoms with E-state index in [1.54, 1.807) is 0 Å². The van der Waals surface area contributed by atoms with Gasteiger partial charge in [0.05, 0.1) is 6.61 Å². The van der Waals surface area contributed by atoms with E-state index in [2.05, 4.69) is 36.5 Å². The Morgan fingerprint density at radius 3 is 2.80 bits per heavy atom. The molecule has 1 unspecified atom stereocenters. The average Bonchev–Trinajstić information content (AvgIpc) is 2.71. The molecule has 1 atom stereocenters. The van der Waals surface area contributed by atoms with Crippen LogP contribution in [0.3, 0.4) is 0 Å². The number of aryl methyl sites for hydroxylation is 1. The summed E-state index contributed by atoms with van der Waals surface area (Å²) in [4.78, 5) is 0. The smallest absolute Gasteiger partial charge is 0.0616 e. The Bertz CT molecular complexity index is 329. The lowest BCUT2D eigenvalue weighted by Gasteiger charge is -2.27. The number of aliphatic hydroxyl groups excluding tert-OH is 1. The highest BCUT2D eigenvalue weighted by Crippen LogP contribution is 2.24. The second-order valence-electron chi connectivity index (χ2n) is 4.57. The first kappa shape index (κ1) is 10.7. The molecule has 0 radical (unpaired) electrons. The van der Waals surface area contributed by atoms with Gasteiger partial charge in [-0.1, -0.05) is 24.3 Å². The first-order chi connectivity index (χ1) is 7.26. The molecule has 1 aromatic carbocycles. The summed E-state index contributed by atoms with van der Waals surface area (Å²) in [6, 6.07) is 8.43. The first-order valence-electron chi connectivity index (χ1n) is 5.66. The quantitative estimate of drug-likeness (QED) is 0.786. The molecule has 2 N–H and O–H groups in total. The SMILES string of the molecule is Cc1ccccc1CC1(CO)CCCN1. The summed E-state index contributed by atoms with van der Waals surface area (Å²) in [5.74, 6) is 0. The van der Waals surface area contributed by atoms with Crippen molar-refractivity contribution in [3.8, 4) is 0 Å². The van der Waals surface area contributed by atoms with E-state index in [1.165, 1.54) is 17.5 Å². The molecule has 1 aromatic rings. The minimum Gasteiger partial charge on any atom is -0.394 e. The van der Waals surface area contributed by atoms with E-state index in [9.17, 15) is 5.11 Å². The van der Waals surface area contributed by atoms with Gasteiger partial charge in [0.1, 0.15) is 0 Å². The van der Waals surface area contributed by atoms with E-state index in [0.717, 1.165) is 19.4 Å². The standard InChI is InChI=1S/C13H19NO/c1-11-5-2-3-6-12(11)9-13(10-15)7-4-8-14-13/h2-3,5-6,14-15H,4,7-10H2,1H3. The van der Waals surface area contributed by atoms with Crippen molar-refractivity contribution in [2.24, 2.45) is 0 Å². The molecular weight excluding hydrogens is 186 g/mol. The normalized spacial score (nSPS) is 25.7. The fraction of sp³-hybridized carbons (Fsp3) is 0.538. The van der Waals surface area contributed by atoms with Crippen molar-refractivity contribution in [1.29, 1.82) is 0 Å². The zero-order chi connectivity index (χ0) is 10.7. The van der Waals surface area contributed by atoms with E-state index in [-0.39, 0.29) is 12.1 Å². The van der Waals surface area contributed by atoms with E-state index < -0.39 is 0 Å². The number of hydrogen-bond acceptors (Lipinski definition) is 2. The molecule has 0 saturated carbocycles. The summed E-state index contributed by atoms with van der Waals surface area (Å²) in [6.07, 6.45) is 3.19. The Kier molecular flexibility index (Phi) is 3.08. The summed E-state index contributed by atoms with van der Waals surface area (Å²) < 4.78 is 0. The Morgan fingerprint density at radius 2 is 2.20 bits per heavy atom. The second kappa shape index (κ2) is 4.33. The predicted octanol–water partition coefficient (Wildman–Crippen LogP) is 1.65. The van der Waals surface area contributed by atoms with Crippen LogP contribution in [-0.2, 0) is 6.42 Å². The van der Waals surface area contributed by atoms with Crippen molar-refractivity contribution in [1.82, 2.24) is 5.32 Å². The van der Waals surface area contributed by atoms with Crippen LogP contribution in [0.4, 0.5) is 0 Å². The van der Waals surface area contributed by atoms with Crippen LogP contribution in [0.25, 0.3) is 0 Å². The van der Waals surface area contributed by atoms with Gasteiger partial charge in [-0.05, 0) is 43.9 Å². The van der Waals surface area contributed by atoms with Crippen LogP contribution in [-0.4, -0.2) is 23.8 Å². The van der Waals surface area contributed by atoms with Gasteiger partial charge in [-0.15, -0.1) is 0 Å². The van der Waals surface area contributed by atoms with Gasteiger partial charge in [0.25, 0.3) is 0 Å². The van der Waals surface area contributed by atoms with Gasteiger partial charge >= 0.3 is 0 Å². The maximum Gasteiger partial charge on any atom is 0.0616 e. The number of aliphatic hydroxyl groups is 1. The van der Waals surface area contributed by atoms with Crippen molar-refractivity contribution in [2.45, 2.75) is 31.7 Å². The Hall–Kier alpha value is -0.860. The third-order valence-corrected chi connectivity index (χ3v) is 3.42. The van der Waals surface area contributed by atoms with Gasteiger partial charge < -0.3 is 10.4 Å². The molecule has 15 heavy (non-hydrogen) atoms. The van der Waals surface area contributed by atoms with Crippen LogP contribution in [0.15, 0.2) is 24.3 Å². The van der Waals surface area contributed by atoms with Crippen LogP contribution >= 0.6 is 0 Å². The lowest BCUT2D eigenvalue weighted by Crippen LogP contribution is -2.45. The molecule has 1 heterocycles. The molecule has 0 spiro atoms. The van der Waals surface area contributed by atoms with E-state index in [1.807, 2.05) is 0 Å². The highest BCUT2D eigenvalue weighted by atomic mass is 16.3. The highest BCUT2D eigenvalue weighted by molar-refractivity contribution is 5.28. The summed E-state index contributed by atoms with van der Waals surface area (Å²) in [6.45, 7) is 3.41. The fourth-order valence-electron chi connectivity index (χ4n) is 2.38. The molecule has 0 aromatic heterocycles. The van der Waals surface area contributed by atoms with Crippen LogP contribution in [0.5, 0.6) is 0 Å². The van der Waals surface area contributed by atoms with Gasteiger partial charge in [-0.3, -0.25) is 0 Å². The molecule has 0 amide bonds. The number of benzene rings is 1. The van der Waals surface area contributed by atoms with Crippen LogP contribution in [0, 0.1) is 6.92 Å². The highest BCUT2D eigenvalue weighted by Gasteiger charge is 2.32. The topological polar surface area (TPSA) is 32.3 Å². The van der Waals surface area contributed by atoms with Crippen LogP contribution in [0.2, 0.25) is 0 Å². The van der Waals surface area contributed by atoms with Crippen molar-refractivity contribution >= 4 is 0 Å². The summed E-state index contributed by atoms with van der Waals surface area (Å²) in [7, 11) is 0. The molecule has 2 heteroatoms. The molecule has 1 fully saturated rings. The van der Waals surface area contributed by atoms with Crippen LogP contribution in [0.1, 0.15) is 24.0 Å². The van der Waals surface area contributed by atoms with Gasteiger partial charge in [0, 0.05) is 5.54 Å². The lowest BCUT2D eigenvalue weighted by molar-refractivity contribution is 0.177. The first-order valence-corrected chi connectivity index (χ1v) is 5.66. The molecular formula is C13H19NO. The molecule has 2 nitrogen and oxygen atoms in total. The van der Waals surface area contributed by atoms with Crippen molar-refractivity contribution in [3.05, 3.63) is 35.4 Å². The zero-order valence-corrected chi connectivity index (χ0v) is 9.29. The fourth-order valence-corrected chi connectivity index (χ4v) is 2.38. The molecule has 82 valence electrons. The van der Waals surface area contributed by atoms with E-state index in [0.29, 0.717) is 0 Å². The minimum atomic E-state index is -0.0634. The number of rotatable bonds is 3. The third kappa shape index (κ3) is 2.21. The Morgan fingerprint density at radius 1 is 1.40 bits per heavy atom. The summed E-state index contributed by atoms with van der Waals surface area (Å²) in [5.41, 5.74) is 2.60. The third-order valence-electron chi connectivity index (χ3n) is 3.42. The maximum absolute atomic E-state index is 9.51. The average molecular weight is 205 g/mol. The second-order valence-corrected chi connectivity index (χ2v) is 4.57. The molecule has 1 aliphatic heterocycles. The van der Waals surface area contributed by atoms with Gasteiger partial charge in [-0.25, -0.2) is 0 Å². The number of nitrogens with one attached hydrogen (secondary N) is 1. The van der Waals surface area contributed by atoms with Crippen molar-refractivity contribution in [3.63, 3.8) is 0 Å². The molecule has 2 rings (SSSR count). The lowest BCUT2D eigenvalue weighted by atomic mass is 9.88. The van der Waals surface area contributed by atoms with Gasteiger partial charge in [-0.2, -0.15) is 0 Å². The van der Waals surface area contributed by atoms with Crippen LogP contribution < -0.4 is 5.32 Å². The molecule has 1 aliphatic rings. The Balaban J connectivity index is 2.16. The van der Waals surface area contributed by atoms with Crippen molar-refractivity contribution in [2.75, 3.05) is 13.2 Å². The molecule has 0 aliphatic carbocycles. The zero-order valence-electron chi connectivity index (χ0n) is 9.29. The Labute approximate surface area is 91.3 Å². The maximum atomic E-state index is 9.51. The molecule has 1 saturated heterocycles. The summed E-state index contributed by atoms with van der Waals surface area (Å²) >= 11 is 0. The minimum absolute atomic E-state index is 0.0634.